The van der Waals surface area contributed by atoms with Crippen LogP contribution in [0.15, 0.2) is 0 Å². The second-order valence-corrected chi connectivity index (χ2v) is 3.87. The average molecular weight is 205 g/mol. The number of aliphatic hydroxyl groups is 1. The van der Waals surface area contributed by atoms with Crippen LogP contribution in [0.2, 0.25) is 0 Å². The van der Waals surface area contributed by atoms with Crippen LogP contribution in [0.25, 0.3) is 0 Å². The van der Waals surface area contributed by atoms with Gasteiger partial charge in [-0.05, 0) is 26.2 Å². The van der Waals surface area contributed by atoms with Crippen molar-refractivity contribution in [2.24, 2.45) is 5.73 Å². The van der Waals surface area contributed by atoms with Gasteiger partial charge in [-0.25, -0.2) is 0 Å². The standard InChI is InChI=1S/C10H23NO3/c1-10(11,9-12)5-3-7-14-8-4-6-13-2/h12H,3-9,11H2,1-2H3. The predicted molar refractivity (Wildman–Crippen MR) is 56.2 cm³/mol. The lowest BCUT2D eigenvalue weighted by molar-refractivity contribution is 0.0941. The molecule has 0 aliphatic rings. The van der Waals surface area contributed by atoms with Gasteiger partial charge in [0.2, 0.25) is 0 Å². The highest BCUT2D eigenvalue weighted by Gasteiger charge is 2.15. The number of hydrogen-bond acceptors (Lipinski definition) is 4. The predicted octanol–water partition coefficient (Wildman–Crippen LogP) is 0.529. The summed E-state index contributed by atoms with van der Waals surface area (Å²) in [6.45, 7) is 4.05. The van der Waals surface area contributed by atoms with Crippen molar-refractivity contribution in [3.8, 4) is 0 Å². The fourth-order valence-corrected chi connectivity index (χ4v) is 1.06. The zero-order valence-electron chi connectivity index (χ0n) is 9.29. The summed E-state index contributed by atoms with van der Waals surface area (Å²) in [5.74, 6) is 0. The van der Waals surface area contributed by atoms with E-state index in [1.54, 1.807) is 7.11 Å². The van der Waals surface area contributed by atoms with Crippen LogP contribution >= 0.6 is 0 Å². The van der Waals surface area contributed by atoms with Crippen LogP contribution < -0.4 is 5.73 Å². The molecule has 0 aromatic carbocycles. The third-order valence-corrected chi connectivity index (χ3v) is 2.03. The second kappa shape index (κ2) is 8.17. The minimum absolute atomic E-state index is 0.0245. The fourth-order valence-electron chi connectivity index (χ4n) is 1.06. The van der Waals surface area contributed by atoms with Crippen LogP contribution in [0.3, 0.4) is 0 Å². The van der Waals surface area contributed by atoms with E-state index < -0.39 is 5.54 Å². The lowest BCUT2D eigenvalue weighted by Crippen LogP contribution is -2.40. The molecule has 0 bridgehead atoms. The van der Waals surface area contributed by atoms with Gasteiger partial charge in [-0.2, -0.15) is 0 Å². The third-order valence-electron chi connectivity index (χ3n) is 2.03. The van der Waals surface area contributed by atoms with Crippen LogP contribution in [0.1, 0.15) is 26.2 Å². The Morgan fingerprint density at radius 1 is 1.21 bits per heavy atom. The van der Waals surface area contributed by atoms with Crippen LogP contribution in [0, 0.1) is 0 Å². The Morgan fingerprint density at radius 2 is 1.86 bits per heavy atom. The minimum atomic E-state index is -0.462. The van der Waals surface area contributed by atoms with Crippen molar-refractivity contribution in [2.45, 2.75) is 31.7 Å². The lowest BCUT2D eigenvalue weighted by Gasteiger charge is -2.21. The number of aliphatic hydroxyl groups excluding tert-OH is 1. The van der Waals surface area contributed by atoms with Gasteiger partial charge in [0.25, 0.3) is 0 Å². The Morgan fingerprint density at radius 3 is 2.43 bits per heavy atom. The molecular weight excluding hydrogens is 182 g/mol. The molecule has 0 fully saturated rings. The van der Waals surface area contributed by atoms with Crippen molar-refractivity contribution < 1.29 is 14.6 Å². The van der Waals surface area contributed by atoms with Crippen LogP contribution in [0.5, 0.6) is 0 Å². The topological polar surface area (TPSA) is 64.7 Å². The van der Waals surface area contributed by atoms with Gasteiger partial charge < -0.3 is 20.3 Å². The smallest absolute Gasteiger partial charge is 0.0608 e. The van der Waals surface area contributed by atoms with Gasteiger partial charge in [-0.15, -0.1) is 0 Å². The molecule has 0 rings (SSSR count). The van der Waals surface area contributed by atoms with Crippen molar-refractivity contribution in [3.63, 3.8) is 0 Å². The highest BCUT2D eigenvalue weighted by atomic mass is 16.5. The van der Waals surface area contributed by atoms with E-state index in [9.17, 15) is 0 Å². The molecule has 0 spiro atoms. The molecule has 0 aliphatic heterocycles. The average Bonchev–Trinajstić information content (AvgIpc) is 2.16. The SMILES string of the molecule is COCCCOCCCC(C)(N)CO. The zero-order chi connectivity index (χ0) is 10.9. The highest BCUT2D eigenvalue weighted by molar-refractivity contribution is 4.76. The molecule has 1 unspecified atom stereocenters. The maximum absolute atomic E-state index is 8.88. The summed E-state index contributed by atoms with van der Waals surface area (Å²) in [6.07, 6.45) is 2.60. The van der Waals surface area contributed by atoms with E-state index in [2.05, 4.69) is 0 Å². The zero-order valence-corrected chi connectivity index (χ0v) is 9.29. The first-order valence-electron chi connectivity index (χ1n) is 5.09. The quantitative estimate of drug-likeness (QED) is 0.539. The monoisotopic (exact) mass is 205 g/mol. The molecule has 0 heterocycles. The number of hydrogen-bond donors (Lipinski definition) is 2. The largest absolute Gasteiger partial charge is 0.394 e. The molecule has 0 amide bonds. The second-order valence-electron chi connectivity index (χ2n) is 3.87. The summed E-state index contributed by atoms with van der Waals surface area (Å²) >= 11 is 0. The van der Waals surface area contributed by atoms with Gasteiger partial charge >= 0.3 is 0 Å². The number of methoxy groups -OCH3 is 1. The lowest BCUT2D eigenvalue weighted by atomic mass is 9.99. The number of nitrogens with two attached hydrogens (primary N) is 1. The van der Waals surface area contributed by atoms with Gasteiger partial charge in [0.1, 0.15) is 0 Å². The van der Waals surface area contributed by atoms with Crippen molar-refractivity contribution >= 4 is 0 Å². The molecule has 1 atom stereocenters. The molecule has 0 radical (unpaired) electrons. The molecule has 0 saturated heterocycles. The van der Waals surface area contributed by atoms with E-state index in [0.29, 0.717) is 6.61 Å². The number of rotatable bonds is 9. The first kappa shape index (κ1) is 13.8. The molecule has 4 nitrogen and oxygen atoms in total. The highest BCUT2D eigenvalue weighted by Crippen LogP contribution is 2.07. The third kappa shape index (κ3) is 8.44. The van der Waals surface area contributed by atoms with E-state index in [-0.39, 0.29) is 6.61 Å². The molecule has 86 valence electrons. The van der Waals surface area contributed by atoms with Crippen molar-refractivity contribution in [2.75, 3.05) is 33.5 Å². The Hall–Kier alpha value is -0.160. The fraction of sp³-hybridized carbons (Fsp3) is 1.00. The van der Waals surface area contributed by atoms with Crippen LogP contribution in [-0.2, 0) is 9.47 Å². The number of ether oxygens (including phenoxy) is 2. The maximum atomic E-state index is 8.88. The van der Waals surface area contributed by atoms with E-state index in [4.69, 9.17) is 20.3 Å². The van der Waals surface area contributed by atoms with E-state index in [1.165, 1.54) is 0 Å². The Kier molecular flexibility index (Phi) is 8.08. The molecular formula is C10H23NO3. The Balaban J connectivity index is 3.13. The van der Waals surface area contributed by atoms with E-state index in [1.807, 2.05) is 6.92 Å². The van der Waals surface area contributed by atoms with Gasteiger partial charge in [-0.3, -0.25) is 0 Å². The molecule has 0 aromatic heterocycles. The van der Waals surface area contributed by atoms with Gasteiger partial charge in [-0.1, -0.05) is 0 Å². The summed E-state index contributed by atoms with van der Waals surface area (Å²) in [5.41, 5.74) is 5.29. The Labute approximate surface area is 86.4 Å². The first-order chi connectivity index (χ1) is 6.62. The van der Waals surface area contributed by atoms with Gasteiger partial charge in [0.05, 0.1) is 6.61 Å². The molecule has 0 aromatic rings. The first-order valence-corrected chi connectivity index (χ1v) is 5.09. The summed E-state index contributed by atoms with van der Waals surface area (Å²) in [6, 6.07) is 0. The Bertz CT molecular complexity index is 129. The molecule has 4 heteroatoms. The molecule has 0 saturated carbocycles. The van der Waals surface area contributed by atoms with Crippen molar-refractivity contribution in [1.29, 1.82) is 0 Å². The summed E-state index contributed by atoms with van der Waals surface area (Å²) in [4.78, 5) is 0. The van der Waals surface area contributed by atoms with Crippen LogP contribution in [0.4, 0.5) is 0 Å². The minimum Gasteiger partial charge on any atom is -0.394 e. The van der Waals surface area contributed by atoms with Crippen molar-refractivity contribution in [1.82, 2.24) is 0 Å². The summed E-state index contributed by atoms with van der Waals surface area (Å²) in [7, 11) is 1.68. The maximum Gasteiger partial charge on any atom is 0.0608 e. The van der Waals surface area contributed by atoms with Gasteiger partial charge in [0.15, 0.2) is 0 Å². The van der Waals surface area contributed by atoms with E-state index >= 15 is 0 Å². The van der Waals surface area contributed by atoms with E-state index in [0.717, 1.165) is 32.5 Å². The molecule has 0 aliphatic carbocycles. The normalized spacial score (nSPS) is 15.4. The molecule has 3 N–H and O–H groups in total. The summed E-state index contributed by atoms with van der Waals surface area (Å²) < 4.78 is 10.2. The summed E-state index contributed by atoms with van der Waals surface area (Å²) in [5, 5.41) is 8.88. The van der Waals surface area contributed by atoms with Gasteiger partial charge in [0, 0.05) is 32.5 Å². The van der Waals surface area contributed by atoms with Crippen molar-refractivity contribution in [3.05, 3.63) is 0 Å². The van der Waals surface area contributed by atoms with Crippen LogP contribution in [-0.4, -0.2) is 44.2 Å². The molecule has 14 heavy (non-hydrogen) atoms.